The molecule has 0 aliphatic rings. The first-order valence-electron chi connectivity index (χ1n) is 5.82. The van der Waals surface area contributed by atoms with Gasteiger partial charge in [-0.25, -0.2) is 4.79 Å². The van der Waals surface area contributed by atoms with E-state index in [0.29, 0.717) is 5.56 Å². The van der Waals surface area contributed by atoms with Crippen LogP contribution in [-0.4, -0.2) is 23.5 Å². The SMILES string of the molecule is O=C(COC(=O)c1ccccc1O)c1cccc(Br)c1. The van der Waals surface area contributed by atoms with Crippen molar-refractivity contribution in [2.75, 3.05) is 6.61 Å². The number of carbonyl (C=O) groups excluding carboxylic acids is 2. The Morgan fingerprint density at radius 1 is 1.10 bits per heavy atom. The van der Waals surface area contributed by atoms with E-state index >= 15 is 0 Å². The summed E-state index contributed by atoms with van der Waals surface area (Å²) >= 11 is 3.26. The van der Waals surface area contributed by atoms with Gasteiger partial charge in [-0.3, -0.25) is 4.79 Å². The van der Waals surface area contributed by atoms with Crippen molar-refractivity contribution in [3.8, 4) is 5.75 Å². The predicted molar refractivity (Wildman–Crippen MR) is 76.9 cm³/mol. The molecule has 2 aromatic carbocycles. The molecular formula is C15H11BrO4. The maximum atomic E-state index is 11.9. The van der Waals surface area contributed by atoms with E-state index in [2.05, 4.69) is 15.9 Å². The van der Waals surface area contributed by atoms with Crippen molar-refractivity contribution in [3.05, 3.63) is 64.1 Å². The Kier molecular flexibility index (Phi) is 4.53. The van der Waals surface area contributed by atoms with E-state index in [4.69, 9.17) is 4.74 Å². The Bertz CT molecular complexity index is 652. The maximum Gasteiger partial charge on any atom is 0.342 e. The zero-order valence-electron chi connectivity index (χ0n) is 10.4. The number of Topliss-reactive ketones (excluding diaryl/α,β-unsaturated/α-hetero) is 1. The van der Waals surface area contributed by atoms with Gasteiger partial charge >= 0.3 is 5.97 Å². The van der Waals surface area contributed by atoms with E-state index < -0.39 is 5.97 Å². The van der Waals surface area contributed by atoms with Gasteiger partial charge in [-0.2, -0.15) is 0 Å². The van der Waals surface area contributed by atoms with Crippen molar-refractivity contribution in [2.45, 2.75) is 0 Å². The number of phenols is 1. The van der Waals surface area contributed by atoms with Gasteiger partial charge in [0.2, 0.25) is 0 Å². The molecule has 20 heavy (non-hydrogen) atoms. The van der Waals surface area contributed by atoms with Crippen LogP contribution in [0.4, 0.5) is 0 Å². The van der Waals surface area contributed by atoms with Gasteiger partial charge in [0.25, 0.3) is 0 Å². The molecule has 0 spiro atoms. The molecule has 0 amide bonds. The number of hydrogen-bond acceptors (Lipinski definition) is 4. The van der Waals surface area contributed by atoms with Crippen molar-refractivity contribution in [1.82, 2.24) is 0 Å². The summed E-state index contributed by atoms with van der Waals surface area (Å²) in [5, 5.41) is 9.51. The normalized spacial score (nSPS) is 10.1. The summed E-state index contributed by atoms with van der Waals surface area (Å²) in [6.45, 7) is -0.371. The highest BCUT2D eigenvalue weighted by molar-refractivity contribution is 9.10. The lowest BCUT2D eigenvalue weighted by Crippen LogP contribution is -2.14. The minimum atomic E-state index is -0.730. The van der Waals surface area contributed by atoms with Crippen LogP contribution in [0.15, 0.2) is 53.0 Å². The summed E-state index contributed by atoms with van der Waals surface area (Å²) in [4.78, 5) is 23.6. The molecule has 0 radical (unpaired) electrons. The highest BCUT2D eigenvalue weighted by atomic mass is 79.9. The summed E-state index contributed by atoms with van der Waals surface area (Å²) in [6.07, 6.45) is 0. The zero-order chi connectivity index (χ0) is 14.5. The number of esters is 1. The molecule has 1 N–H and O–H groups in total. The molecule has 2 aromatic rings. The molecule has 0 fully saturated rings. The van der Waals surface area contributed by atoms with Gasteiger partial charge in [0, 0.05) is 10.0 Å². The van der Waals surface area contributed by atoms with Crippen LogP contribution in [0, 0.1) is 0 Å². The van der Waals surface area contributed by atoms with Crippen molar-refractivity contribution >= 4 is 27.7 Å². The van der Waals surface area contributed by atoms with E-state index in [0.717, 1.165) is 4.47 Å². The fraction of sp³-hybridized carbons (Fsp3) is 0.0667. The third-order valence-electron chi connectivity index (χ3n) is 2.60. The van der Waals surface area contributed by atoms with Crippen molar-refractivity contribution in [2.24, 2.45) is 0 Å². The topological polar surface area (TPSA) is 63.6 Å². The summed E-state index contributed by atoms with van der Waals surface area (Å²) in [5.41, 5.74) is 0.485. The Labute approximate surface area is 124 Å². The number of phenolic OH excluding ortho intramolecular Hbond substituents is 1. The van der Waals surface area contributed by atoms with Crippen LogP contribution < -0.4 is 0 Å². The fourth-order valence-corrected chi connectivity index (χ4v) is 2.00. The minimum absolute atomic E-state index is 0.0366. The van der Waals surface area contributed by atoms with E-state index in [1.54, 1.807) is 36.4 Å². The van der Waals surface area contributed by atoms with Gasteiger partial charge in [-0.15, -0.1) is 0 Å². The number of ketones is 1. The zero-order valence-corrected chi connectivity index (χ0v) is 12.0. The molecule has 4 nitrogen and oxygen atoms in total. The number of aromatic hydroxyl groups is 1. The summed E-state index contributed by atoms with van der Waals surface area (Å²) in [5.74, 6) is -1.21. The lowest BCUT2D eigenvalue weighted by atomic mass is 10.1. The van der Waals surface area contributed by atoms with Crippen molar-refractivity contribution < 1.29 is 19.4 Å². The third kappa shape index (κ3) is 3.45. The first-order valence-corrected chi connectivity index (χ1v) is 6.61. The number of halogens is 1. The lowest BCUT2D eigenvalue weighted by Gasteiger charge is -2.06. The molecule has 102 valence electrons. The Morgan fingerprint density at radius 2 is 1.85 bits per heavy atom. The highest BCUT2D eigenvalue weighted by Gasteiger charge is 2.14. The van der Waals surface area contributed by atoms with E-state index in [-0.39, 0.29) is 23.7 Å². The second-order valence-electron chi connectivity index (χ2n) is 4.03. The molecule has 0 aliphatic carbocycles. The van der Waals surface area contributed by atoms with Crippen LogP contribution in [-0.2, 0) is 4.74 Å². The number of hydrogen-bond donors (Lipinski definition) is 1. The van der Waals surface area contributed by atoms with E-state index in [1.165, 1.54) is 12.1 Å². The van der Waals surface area contributed by atoms with Gasteiger partial charge in [0.05, 0.1) is 0 Å². The van der Waals surface area contributed by atoms with Crippen LogP contribution >= 0.6 is 15.9 Å². The summed E-state index contributed by atoms with van der Waals surface area (Å²) in [7, 11) is 0. The number of para-hydroxylation sites is 1. The Morgan fingerprint density at radius 3 is 2.55 bits per heavy atom. The van der Waals surface area contributed by atoms with Gasteiger partial charge in [-0.1, -0.05) is 40.2 Å². The van der Waals surface area contributed by atoms with Crippen LogP contribution in [0.25, 0.3) is 0 Å². The molecule has 0 bridgehead atoms. The first kappa shape index (κ1) is 14.3. The smallest absolute Gasteiger partial charge is 0.342 e. The van der Waals surface area contributed by atoms with Crippen LogP contribution in [0.3, 0.4) is 0 Å². The number of rotatable bonds is 4. The Balaban J connectivity index is 2.01. The maximum absolute atomic E-state index is 11.9. The van der Waals surface area contributed by atoms with E-state index in [1.807, 2.05) is 0 Å². The molecule has 5 heteroatoms. The molecular weight excluding hydrogens is 324 g/mol. The molecule has 0 saturated heterocycles. The molecule has 0 aliphatic heterocycles. The molecule has 0 atom stereocenters. The van der Waals surface area contributed by atoms with Gasteiger partial charge in [-0.05, 0) is 24.3 Å². The quantitative estimate of drug-likeness (QED) is 0.688. The van der Waals surface area contributed by atoms with E-state index in [9.17, 15) is 14.7 Å². The molecule has 0 heterocycles. The average Bonchev–Trinajstić information content (AvgIpc) is 2.45. The molecule has 0 aromatic heterocycles. The second kappa shape index (κ2) is 6.34. The summed E-state index contributed by atoms with van der Waals surface area (Å²) in [6, 6.07) is 12.8. The van der Waals surface area contributed by atoms with Crippen LogP contribution in [0.2, 0.25) is 0 Å². The number of carbonyl (C=O) groups is 2. The summed E-state index contributed by atoms with van der Waals surface area (Å²) < 4.78 is 5.67. The lowest BCUT2D eigenvalue weighted by molar-refractivity contribution is 0.0472. The molecule has 0 saturated carbocycles. The minimum Gasteiger partial charge on any atom is -0.507 e. The van der Waals surface area contributed by atoms with Crippen molar-refractivity contribution in [3.63, 3.8) is 0 Å². The second-order valence-corrected chi connectivity index (χ2v) is 4.94. The van der Waals surface area contributed by atoms with Crippen LogP contribution in [0.5, 0.6) is 5.75 Å². The largest absolute Gasteiger partial charge is 0.507 e. The van der Waals surface area contributed by atoms with Gasteiger partial charge in [0.15, 0.2) is 12.4 Å². The molecule has 2 rings (SSSR count). The van der Waals surface area contributed by atoms with Crippen molar-refractivity contribution in [1.29, 1.82) is 0 Å². The number of benzene rings is 2. The third-order valence-corrected chi connectivity index (χ3v) is 3.10. The Hall–Kier alpha value is -2.14. The predicted octanol–water partition coefficient (Wildman–Crippen LogP) is 3.19. The number of ether oxygens (including phenoxy) is 1. The molecule has 0 unspecified atom stereocenters. The van der Waals surface area contributed by atoms with Gasteiger partial charge in [0.1, 0.15) is 11.3 Å². The van der Waals surface area contributed by atoms with Gasteiger partial charge < -0.3 is 9.84 Å². The first-order chi connectivity index (χ1) is 9.58. The standard InChI is InChI=1S/C15H11BrO4/c16-11-5-3-4-10(8-11)14(18)9-20-15(19)12-6-1-2-7-13(12)17/h1-8,17H,9H2. The average molecular weight is 335 g/mol. The monoisotopic (exact) mass is 334 g/mol. The highest BCUT2D eigenvalue weighted by Crippen LogP contribution is 2.17. The van der Waals surface area contributed by atoms with Crippen LogP contribution in [0.1, 0.15) is 20.7 Å². The fourth-order valence-electron chi connectivity index (χ4n) is 1.60.